The van der Waals surface area contributed by atoms with Crippen molar-refractivity contribution in [3.8, 4) is 5.75 Å². The van der Waals surface area contributed by atoms with Crippen LogP contribution in [0.5, 0.6) is 5.75 Å². The monoisotopic (exact) mass is 407 g/mol. The van der Waals surface area contributed by atoms with Crippen LogP contribution in [0.15, 0.2) is 24.3 Å². The molecule has 6 nitrogen and oxygen atoms in total. The Bertz CT molecular complexity index is 493. The number of hydrogen-bond donors (Lipinski definition) is 2. The first kappa shape index (κ1) is 24.9. The summed E-state index contributed by atoms with van der Waals surface area (Å²) in [6, 6.07) is 7.62. The molecule has 1 aliphatic heterocycles. The Hall–Kier alpha value is -1.05. The minimum atomic E-state index is -0.249. The summed E-state index contributed by atoms with van der Waals surface area (Å²) in [6.07, 6.45) is 0. The summed E-state index contributed by atoms with van der Waals surface area (Å²) in [5, 5.41) is 6.08. The van der Waals surface area contributed by atoms with Gasteiger partial charge in [0.1, 0.15) is 18.4 Å². The van der Waals surface area contributed by atoms with E-state index in [1.165, 1.54) is 0 Å². The van der Waals surface area contributed by atoms with Crippen LogP contribution >= 0.6 is 24.8 Å². The fourth-order valence-electron chi connectivity index (χ4n) is 2.58. The summed E-state index contributed by atoms with van der Waals surface area (Å²) in [7, 11) is 0. The van der Waals surface area contributed by atoms with Crippen LogP contribution in [0, 0.1) is 0 Å². The van der Waals surface area contributed by atoms with E-state index in [1.807, 2.05) is 24.3 Å². The van der Waals surface area contributed by atoms with Gasteiger partial charge in [-0.1, -0.05) is 26.0 Å². The number of ether oxygens (including phenoxy) is 2. The smallest absolute Gasteiger partial charge is 0.239 e. The number of morpholine rings is 1. The molecule has 1 amide bonds. The molecule has 0 spiro atoms. The average molecular weight is 408 g/mol. The molecule has 8 heteroatoms. The first-order valence-corrected chi connectivity index (χ1v) is 8.75. The fourth-order valence-corrected chi connectivity index (χ4v) is 2.58. The lowest BCUT2D eigenvalue weighted by atomic mass is 10.2. The molecule has 0 saturated carbocycles. The van der Waals surface area contributed by atoms with Crippen LogP contribution in [0.4, 0.5) is 0 Å². The number of hydrogen-bond acceptors (Lipinski definition) is 5. The van der Waals surface area contributed by atoms with Crippen molar-refractivity contribution in [2.45, 2.75) is 26.4 Å². The van der Waals surface area contributed by atoms with Crippen molar-refractivity contribution in [3.63, 3.8) is 0 Å². The molecule has 1 saturated heterocycles. The van der Waals surface area contributed by atoms with E-state index in [4.69, 9.17) is 9.47 Å². The van der Waals surface area contributed by atoms with Gasteiger partial charge in [0.25, 0.3) is 0 Å². The average Bonchev–Trinajstić information content (AvgIpc) is 2.65. The van der Waals surface area contributed by atoms with Gasteiger partial charge in [0, 0.05) is 19.6 Å². The van der Waals surface area contributed by atoms with Gasteiger partial charge in [-0.3, -0.25) is 4.79 Å². The molecule has 26 heavy (non-hydrogen) atoms. The van der Waals surface area contributed by atoms with Crippen LogP contribution in [0.1, 0.15) is 19.4 Å². The van der Waals surface area contributed by atoms with E-state index < -0.39 is 0 Å². The lowest BCUT2D eigenvalue weighted by Gasteiger charge is -2.22. The summed E-state index contributed by atoms with van der Waals surface area (Å²) in [5.41, 5.74) is 1.05. The zero-order valence-corrected chi connectivity index (χ0v) is 17.2. The van der Waals surface area contributed by atoms with E-state index >= 15 is 0 Å². The minimum Gasteiger partial charge on any atom is -0.492 e. The van der Waals surface area contributed by atoms with E-state index in [9.17, 15) is 4.79 Å². The topological polar surface area (TPSA) is 62.8 Å². The highest BCUT2D eigenvalue weighted by molar-refractivity contribution is 5.85. The zero-order chi connectivity index (χ0) is 17.2. The number of likely N-dealkylation sites (N-methyl/N-ethyl adjacent to an activating group) is 1. The number of halogens is 2. The molecular weight excluding hydrogens is 377 g/mol. The number of rotatable bonds is 9. The third-order valence-electron chi connectivity index (χ3n) is 4.20. The van der Waals surface area contributed by atoms with Gasteiger partial charge in [-0.2, -0.15) is 0 Å². The molecule has 0 radical (unpaired) electrons. The maximum Gasteiger partial charge on any atom is 0.239 e. The molecule has 1 aromatic rings. The second kappa shape index (κ2) is 14.1. The minimum absolute atomic E-state index is 0. The highest BCUT2D eigenvalue weighted by Crippen LogP contribution is 2.12. The van der Waals surface area contributed by atoms with Crippen molar-refractivity contribution in [2.24, 2.45) is 0 Å². The van der Waals surface area contributed by atoms with Crippen LogP contribution in [0.25, 0.3) is 0 Å². The third-order valence-corrected chi connectivity index (χ3v) is 4.20. The molecule has 2 rings (SSSR count). The Balaban J connectivity index is 0.00000312. The summed E-state index contributed by atoms with van der Waals surface area (Å²) in [4.78, 5) is 14.3. The lowest BCUT2D eigenvalue weighted by molar-refractivity contribution is -0.126. The molecule has 1 aliphatic rings. The Morgan fingerprint density at radius 1 is 1.27 bits per heavy atom. The molecule has 0 bridgehead atoms. The standard InChI is InChI=1S/C18H29N3O3.2ClH/c1-3-21(4-2)10-12-24-16-7-5-15(6-8-16)13-20-18(22)17-14-23-11-9-19-17;;/h5-8,17,19H,3-4,9-14H2,1-2H3,(H,20,22);2*1H. The Morgan fingerprint density at radius 2 is 1.96 bits per heavy atom. The Kier molecular flexibility index (Phi) is 13.5. The SMILES string of the molecule is CCN(CC)CCOc1ccc(CNC(=O)C2COCCN2)cc1.Cl.Cl. The van der Waals surface area contributed by atoms with Crippen molar-refractivity contribution in [3.05, 3.63) is 29.8 Å². The second-order valence-electron chi connectivity index (χ2n) is 5.82. The van der Waals surface area contributed by atoms with Crippen LogP contribution in [-0.2, 0) is 16.1 Å². The van der Waals surface area contributed by atoms with Gasteiger partial charge in [0.05, 0.1) is 13.2 Å². The number of nitrogens with zero attached hydrogens (tertiary/aromatic N) is 1. The van der Waals surface area contributed by atoms with Crippen molar-refractivity contribution in [1.82, 2.24) is 15.5 Å². The number of carbonyl (C=O) groups excluding carboxylic acids is 1. The van der Waals surface area contributed by atoms with Gasteiger partial charge in [-0.25, -0.2) is 0 Å². The predicted molar refractivity (Wildman–Crippen MR) is 109 cm³/mol. The molecule has 1 fully saturated rings. The van der Waals surface area contributed by atoms with Crippen molar-refractivity contribution in [2.75, 3.05) is 46.0 Å². The van der Waals surface area contributed by atoms with Gasteiger partial charge in [-0.05, 0) is 30.8 Å². The van der Waals surface area contributed by atoms with Crippen molar-refractivity contribution in [1.29, 1.82) is 0 Å². The number of amides is 1. The summed E-state index contributed by atoms with van der Waals surface area (Å²) < 4.78 is 11.1. The van der Waals surface area contributed by atoms with Crippen molar-refractivity contribution >= 4 is 30.7 Å². The third kappa shape index (κ3) is 8.56. The molecule has 2 N–H and O–H groups in total. The van der Waals surface area contributed by atoms with E-state index in [0.717, 1.165) is 37.5 Å². The summed E-state index contributed by atoms with van der Waals surface area (Å²) in [6.45, 7) is 10.3. The maximum absolute atomic E-state index is 12.0. The van der Waals surface area contributed by atoms with Crippen LogP contribution < -0.4 is 15.4 Å². The van der Waals surface area contributed by atoms with Gasteiger partial charge >= 0.3 is 0 Å². The van der Waals surface area contributed by atoms with Crippen LogP contribution in [-0.4, -0.2) is 62.8 Å². The molecule has 1 unspecified atom stereocenters. The summed E-state index contributed by atoms with van der Waals surface area (Å²) >= 11 is 0. The second-order valence-corrected chi connectivity index (χ2v) is 5.82. The van der Waals surface area contributed by atoms with Gasteiger partial charge in [0.2, 0.25) is 5.91 Å². The predicted octanol–water partition coefficient (Wildman–Crippen LogP) is 1.86. The Labute approximate surface area is 168 Å². The number of benzene rings is 1. The molecule has 0 aromatic heterocycles. The fraction of sp³-hybridized carbons (Fsp3) is 0.611. The zero-order valence-electron chi connectivity index (χ0n) is 15.5. The Morgan fingerprint density at radius 3 is 2.54 bits per heavy atom. The summed E-state index contributed by atoms with van der Waals surface area (Å²) in [5.74, 6) is 0.842. The van der Waals surface area contributed by atoms with Crippen LogP contribution in [0.3, 0.4) is 0 Å². The molecule has 1 heterocycles. The maximum atomic E-state index is 12.0. The van der Waals surface area contributed by atoms with E-state index in [1.54, 1.807) is 0 Å². The van der Waals surface area contributed by atoms with E-state index in [0.29, 0.717) is 26.4 Å². The normalized spacial score (nSPS) is 16.3. The highest BCUT2D eigenvalue weighted by Gasteiger charge is 2.20. The molecular formula is C18H31Cl2N3O3. The first-order chi connectivity index (χ1) is 11.7. The molecule has 1 atom stereocenters. The molecule has 150 valence electrons. The largest absolute Gasteiger partial charge is 0.492 e. The lowest BCUT2D eigenvalue weighted by Crippen LogP contribution is -2.51. The molecule has 1 aromatic carbocycles. The highest BCUT2D eigenvalue weighted by atomic mass is 35.5. The quantitative estimate of drug-likeness (QED) is 0.653. The van der Waals surface area contributed by atoms with Crippen LogP contribution in [0.2, 0.25) is 0 Å². The number of carbonyl (C=O) groups is 1. The van der Waals surface area contributed by atoms with Gasteiger partial charge < -0.3 is 25.0 Å². The van der Waals surface area contributed by atoms with Crippen molar-refractivity contribution < 1.29 is 14.3 Å². The van der Waals surface area contributed by atoms with E-state index in [2.05, 4.69) is 29.4 Å². The number of nitrogens with one attached hydrogen (secondary N) is 2. The first-order valence-electron chi connectivity index (χ1n) is 8.75. The van der Waals surface area contributed by atoms with Gasteiger partial charge in [0.15, 0.2) is 0 Å². The van der Waals surface area contributed by atoms with E-state index in [-0.39, 0.29) is 36.8 Å². The van der Waals surface area contributed by atoms with Gasteiger partial charge in [-0.15, -0.1) is 24.8 Å². The molecule has 0 aliphatic carbocycles.